The molecule has 1 fully saturated rings. The largest absolute Gasteiger partial charge is 0.330 e. The summed E-state index contributed by atoms with van der Waals surface area (Å²) in [6.45, 7) is 2.95. The van der Waals surface area contributed by atoms with Gasteiger partial charge >= 0.3 is 0 Å². The van der Waals surface area contributed by atoms with Crippen molar-refractivity contribution >= 4 is 21.6 Å². The summed E-state index contributed by atoms with van der Waals surface area (Å²) in [6.07, 6.45) is 4.41. The number of nitro benzene ring substituents is 1. The van der Waals surface area contributed by atoms with Gasteiger partial charge in [-0.2, -0.15) is 0 Å². The summed E-state index contributed by atoms with van der Waals surface area (Å²) in [5, 5.41) is 10.7. The zero-order valence-corrected chi connectivity index (χ0v) is 12.6. The van der Waals surface area contributed by atoms with Gasteiger partial charge in [0, 0.05) is 16.6 Å². The van der Waals surface area contributed by atoms with Crippen molar-refractivity contribution in [3.63, 3.8) is 0 Å². The monoisotopic (exact) mass is 326 g/mol. The lowest BCUT2D eigenvalue weighted by Gasteiger charge is -2.28. The zero-order valence-electron chi connectivity index (χ0n) is 11.1. The van der Waals surface area contributed by atoms with Crippen LogP contribution in [0.1, 0.15) is 31.7 Å². The van der Waals surface area contributed by atoms with Crippen LogP contribution < -0.4 is 5.73 Å². The summed E-state index contributed by atoms with van der Waals surface area (Å²) < 4.78 is 0.814. The predicted octanol–water partition coefficient (Wildman–Crippen LogP) is 3.66. The van der Waals surface area contributed by atoms with Gasteiger partial charge in [0.05, 0.1) is 4.92 Å². The van der Waals surface area contributed by atoms with E-state index in [1.54, 1.807) is 12.1 Å². The maximum Gasteiger partial charge on any atom is 0.270 e. The van der Waals surface area contributed by atoms with E-state index in [-0.39, 0.29) is 16.0 Å². The Bertz CT molecular complexity index is 492. The molecule has 19 heavy (non-hydrogen) atoms. The SMILES string of the molecule is CC1CCC(CN)(Cc2ccc([N+](=O)[O-])cc2Br)C1. The summed E-state index contributed by atoms with van der Waals surface area (Å²) >= 11 is 3.45. The van der Waals surface area contributed by atoms with Crippen molar-refractivity contribution in [1.29, 1.82) is 0 Å². The number of non-ortho nitro benzene ring substituents is 1. The summed E-state index contributed by atoms with van der Waals surface area (Å²) in [7, 11) is 0. The van der Waals surface area contributed by atoms with Crippen molar-refractivity contribution in [3.05, 3.63) is 38.3 Å². The fourth-order valence-corrected chi connectivity index (χ4v) is 3.62. The molecule has 2 N–H and O–H groups in total. The van der Waals surface area contributed by atoms with E-state index in [1.165, 1.54) is 6.42 Å². The minimum absolute atomic E-state index is 0.122. The number of nitro groups is 1. The number of nitrogens with two attached hydrogens (primary N) is 1. The van der Waals surface area contributed by atoms with Gasteiger partial charge in [0.2, 0.25) is 0 Å². The highest BCUT2D eigenvalue weighted by Crippen LogP contribution is 2.44. The Kier molecular flexibility index (Phi) is 4.26. The van der Waals surface area contributed by atoms with Crippen LogP contribution in [-0.4, -0.2) is 11.5 Å². The molecule has 0 heterocycles. The first-order valence-corrected chi connectivity index (χ1v) is 7.38. The first kappa shape index (κ1) is 14.5. The highest BCUT2D eigenvalue weighted by molar-refractivity contribution is 9.10. The van der Waals surface area contributed by atoms with Crippen LogP contribution in [0, 0.1) is 21.4 Å². The molecule has 2 rings (SSSR count). The molecule has 2 atom stereocenters. The van der Waals surface area contributed by atoms with Gasteiger partial charge in [-0.15, -0.1) is 0 Å². The van der Waals surface area contributed by atoms with Crippen molar-refractivity contribution in [2.75, 3.05) is 6.54 Å². The van der Waals surface area contributed by atoms with E-state index in [0.29, 0.717) is 6.54 Å². The Balaban J connectivity index is 2.21. The summed E-state index contributed by atoms with van der Waals surface area (Å²) in [5.41, 5.74) is 7.39. The van der Waals surface area contributed by atoms with Gasteiger partial charge in [-0.05, 0) is 42.7 Å². The van der Waals surface area contributed by atoms with Crippen LogP contribution in [0.25, 0.3) is 0 Å². The number of hydrogen-bond acceptors (Lipinski definition) is 3. The lowest BCUT2D eigenvalue weighted by Crippen LogP contribution is -2.30. The average molecular weight is 327 g/mol. The highest BCUT2D eigenvalue weighted by Gasteiger charge is 2.36. The van der Waals surface area contributed by atoms with Crippen LogP contribution in [0.2, 0.25) is 0 Å². The van der Waals surface area contributed by atoms with Crippen LogP contribution in [0.3, 0.4) is 0 Å². The molecule has 0 aromatic heterocycles. The van der Waals surface area contributed by atoms with Crippen LogP contribution in [-0.2, 0) is 6.42 Å². The fourth-order valence-electron chi connectivity index (χ4n) is 3.11. The molecule has 0 saturated heterocycles. The number of nitrogens with zero attached hydrogens (tertiary/aromatic N) is 1. The van der Waals surface area contributed by atoms with E-state index in [0.717, 1.165) is 35.2 Å². The molecule has 1 aliphatic rings. The third-order valence-corrected chi connectivity index (χ3v) is 4.93. The van der Waals surface area contributed by atoms with Gasteiger partial charge in [0.25, 0.3) is 5.69 Å². The summed E-state index contributed by atoms with van der Waals surface area (Å²) in [6, 6.07) is 5.00. The smallest absolute Gasteiger partial charge is 0.270 e. The van der Waals surface area contributed by atoms with Gasteiger partial charge in [0.1, 0.15) is 0 Å². The molecule has 0 radical (unpaired) electrons. The van der Waals surface area contributed by atoms with Gasteiger partial charge in [-0.25, -0.2) is 0 Å². The number of halogens is 1. The van der Waals surface area contributed by atoms with E-state index in [9.17, 15) is 10.1 Å². The standard InChI is InChI=1S/C14H19BrN2O2/c1-10-4-5-14(7-10,9-16)8-11-2-3-12(17(18)19)6-13(11)15/h2-3,6,10H,4-5,7-9,16H2,1H3. The zero-order chi connectivity index (χ0) is 14.0. The van der Waals surface area contributed by atoms with Gasteiger partial charge < -0.3 is 5.73 Å². The number of benzene rings is 1. The second-order valence-electron chi connectivity index (χ2n) is 5.76. The van der Waals surface area contributed by atoms with Crippen molar-refractivity contribution in [2.45, 2.75) is 32.6 Å². The summed E-state index contributed by atoms with van der Waals surface area (Å²) in [5.74, 6) is 0.723. The second kappa shape index (κ2) is 5.59. The van der Waals surface area contributed by atoms with E-state index in [1.807, 2.05) is 6.07 Å². The third-order valence-electron chi connectivity index (χ3n) is 4.19. The Morgan fingerprint density at radius 2 is 2.32 bits per heavy atom. The van der Waals surface area contributed by atoms with E-state index in [4.69, 9.17) is 5.73 Å². The van der Waals surface area contributed by atoms with E-state index < -0.39 is 0 Å². The fraction of sp³-hybridized carbons (Fsp3) is 0.571. The van der Waals surface area contributed by atoms with Gasteiger partial charge in [0.15, 0.2) is 0 Å². The normalized spacial score (nSPS) is 26.6. The van der Waals surface area contributed by atoms with Crippen LogP contribution in [0.4, 0.5) is 5.69 Å². The Labute approximate surface area is 121 Å². The lowest BCUT2D eigenvalue weighted by molar-refractivity contribution is -0.384. The molecule has 5 heteroatoms. The van der Waals surface area contributed by atoms with Crippen molar-refractivity contribution in [3.8, 4) is 0 Å². The number of rotatable bonds is 4. The van der Waals surface area contributed by atoms with Gasteiger partial charge in [-0.1, -0.05) is 35.3 Å². The molecule has 0 amide bonds. The van der Waals surface area contributed by atoms with E-state index >= 15 is 0 Å². The Hall–Kier alpha value is -0.940. The Morgan fingerprint density at radius 3 is 2.79 bits per heavy atom. The molecule has 1 aromatic rings. The molecular weight excluding hydrogens is 308 g/mol. The topological polar surface area (TPSA) is 69.2 Å². The van der Waals surface area contributed by atoms with Crippen molar-refractivity contribution in [1.82, 2.24) is 0 Å². The maximum atomic E-state index is 10.7. The first-order chi connectivity index (χ1) is 8.96. The van der Waals surface area contributed by atoms with Crippen LogP contribution >= 0.6 is 15.9 Å². The van der Waals surface area contributed by atoms with Crippen molar-refractivity contribution < 1.29 is 4.92 Å². The summed E-state index contributed by atoms with van der Waals surface area (Å²) in [4.78, 5) is 10.4. The van der Waals surface area contributed by atoms with E-state index in [2.05, 4.69) is 22.9 Å². The molecule has 0 bridgehead atoms. The minimum Gasteiger partial charge on any atom is -0.330 e. The van der Waals surface area contributed by atoms with Crippen molar-refractivity contribution in [2.24, 2.45) is 17.1 Å². The molecule has 1 aliphatic carbocycles. The second-order valence-corrected chi connectivity index (χ2v) is 6.62. The molecule has 1 saturated carbocycles. The molecule has 4 nitrogen and oxygen atoms in total. The molecule has 1 aromatic carbocycles. The third kappa shape index (κ3) is 3.15. The average Bonchev–Trinajstić information content (AvgIpc) is 2.74. The maximum absolute atomic E-state index is 10.7. The van der Waals surface area contributed by atoms with Gasteiger partial charge in [-0.3, -0.25) is 10.1 Å². The molecule has 0 spiro atoms. The molecule has 104 valence electrons. The Morgan fingerprint density at radius 1 is 1.58 bits per heavy atom. The quantitative estimate of drug-likeness (QED) is 0.678. The predicted molar refractivity (Wildman–Crippen MR) is 79.0 cm³/mol. The lowest BCUT2D eigenvalue weighted by atomic mass is 9.79. The molecular formula is C14H19BrN2O2. The molecule has 2 unspecified atom stereocenters. The minimum atomic E-state index is -0.370. The number of hydrogen-bond donors (Lipinski definition) is 1. The van der Waals surface area contributed by atoms with Crippen LogP contribution in [0.15, 0.2) is 22.7 Å². The molecule has 0 aliphatic heterocycles. The highest BCUT2D eigenvalue weighted by atomic mass is 79.9. The van der Waals surface area contributed by atoms with Crippen LogP contribution in [0.5, 0.6) is 0 Å². The first-order valence-electron chi connectivity index (χ1n) is 6.59.